The third-order valence-electron chi connectivity index (χ3n) is 9.82. The highest BCUT2D eigenvalue weighted by atomic mass is 16.3. The second kappa shape index (κ2) is 9.82. The molecule has 0 radical (unpaired) electrons. The Morgan fingerprint density at radius 3 is 2.09 bits per heavy atom. The van der Waals surface area contributed by atoms with Crippen LogP contribution in [0.15, 0.2) is 144 Å². The van der Waals surface area contributed by atoms with Gasteiger partial charge in [-0.2, -0.15) is 0 Å². The van der Waals surface area contributed by atoms with Gasteiger partial charge in [0.2, 0.25) is 0 Å². The SMILES string of the molecule is C1=c2cc(-c3ccccc3-n3c4ccccc4c4cc(-c5cccc6c5oc5ccccc56)ccc43)c3ccccc3c2=CCC1. The molecule has 9 aromatic rings. The van der Waals surface area contributed by atoms with Crippen molar-refractivity contribution < 1.29 is 4.42 Å². The molecule has 46 heavy (non-hydrogen) atoms. The first-order valence-corrected chi connectivity index (χ1v) is 16.1. The molecule has 0 unspecified atom stereocenters. The van der Waals surface area contributed by atoms with Crippen LogP contribution in [0.1, 0.15) is 12.8 Å². The molecule has 1 aliphatic carbocycles. The molecular weight excluding hydrogens is 558 g/mol. The van der Waals surface area contributed by atoms with Crippen LogP contribution in [0.5, 0.6) is 0 Å². The summed E-state index contributed by atoms with van der Waals surface area (Å²) in [6.07, 6.45) is 6.99. The standard InChI is InChI=1S/C44H29NO/c1-2-13-30-28(12-1)26-38(33-15-4-3-14-32(30)33)34-16-5-8-21-40(34)45-41-22-9-6-17-35(41)39-27-29(24-25-42(39)45)31-19-11-20-37-36-18-7-10-23-43(36)46-44(31)37/h3-27H,1-2H2. The Morgan fingerprint density at radius 2 is 1.15 bits per heavy atom. The van der Waals surface area contributed by atoms with E-state index in [4.69, 9.17) is 4.42 Å². The minimum absolute atomic E-state index is 0.921. The normalized spacial score (nSPS) is 13.0. The van der Waals surface area contributed by atoms with Crippen LogP contribution in [-0.2, 0) is 0 Å². The van der Waals surface area contributed by atoms with Gasteiger partial charge in [-0.1, -0.05) is 115 Å². The van der Waals surface area contributed by atoms with Gasteiger partial charge in [-0.05, 0) is 81.6 Å². The van der Waals surface area contributed by atoms with Crippen LogP contribution in [-0.4, -0.2) is 4.57 Å². The number of aromatic nitrogens is 1. The molecule has 2 heterocycles. The molecule has 0 N–H and O–H groups in total. The lowest BCUT2D eigenvalue weighted by Crippen LogP contribution is -2.27. The van der Waals surface area contributed by atoms with Crippen LogP contribution >= 0.6 is 0 Å². The van der Waals surface area contributed by atoms with Gasteiger partial charge in [0, 0.05) is 32.7 Å². The average Bonchev–Trinajstić information content (AvgIpc) is 3.67. The van der Waals surface area contributed by atoms with Crippen LogP contribution in [0.3, 0.4) is 0 Å². The zero-order valence-corrected chi connectivity index (χ0v) is 25.2. The number of benzene rings is 7. The summed E-state index contributed by atoms with van der Waals surface area (Å²) in [7, 11) is 0. The van der Waals surface area contributed by atoms with E-state index in [1.165, 1.54) is 59.8 Å². The molecule has 0 bridgehead atoms. The number of hydrogen-bond acceptors (Lipinski definition) is 1. The number of rotatable bonds is 3. The molecule has 216 valence electrons. The molecule has 0 atom stereocenters. The van der Waals surface area contributed by atoms with Crippen molar-refractivity contribution in [2.24, 2.45) is 0 Å². The maximum absolute atomic E-state index is 6.44. The van der Waals surface area contributed by atoms with E-state index in [-0.39, 0.29) is 0 Å². The first-order valence-electron chi connectivity index (χ1n) is 16.1. The fourth-order valence-corrected chi connectivity index (χ4v) is 7.78. The largest absolute Gasteiger partial charge is 0.455 e. The Morgan fingerprint density at radius 1 is 0.457 bits per heavy atom. The first kappa shape index (κ1) is 25.5. The Kier molecular flexibility index (Phi) is 5.44. The minimum Gasteiger partial charge on any atom is -0.455 e. The van der Waals surface area contributed by atoms with Crippen molar-refractivity contribution in [3.05, 3.63) is 150 Å². The third-order valence-corrected chi connectivity index (χ3v) is 9.82. The van der Waals surface area contributed by atoms with Crippen molar-refractivity contribution >= 4 is 66.7 Å². The molecule has 2 nitrogen and oxygen atoms in total. The topological polar surface area (TPSA) is 18.1 Å². The van der Waals surface area contributed by atoms with Gasteiger partial charge in [-0.25, -0.2) is 0 Å². The van der Waals surface area contributed by atoms with E-state index in [1.807, 2.05) is 6.07 Å². The van der Waals surface area contributed by atoms with Crippen molar-refractivity contribution in [3.63, 3.8) is 0 Å². The molecule has 2 aromatic heterocycles. The Balaban J connectivity index is 1.24. The van der Waals surface area contributed by atoms with E-state index >= 15 is 0 Å². The molecule has 0 aliphatic heterocycles. The van der Waals surface area contributed by atoms with Gasteiger partial charge in [0.15, 0.2) is 0 Å². The predicted molar refractivity (Wildman–Crippen MR) is 194 cm³/mol. The monoisotopic (exact) mass is 587 g/mol. The summed E-state index contributed by atoms with van der Waals surface area (Å²) in [5, 5.41) is 10.1. The molecule has 2 heteroatoms. The molecule has 0 saturated carbocycles. The molecule has 0 spiro atoms. The highest BCUT2D eigenvalue weighted by Crippen LogP contribution is 2.41. The number of furan rings is 1. The average molecular weight is 588 g/mol. The lowest BCUT2D eigenvalue weighted by Gasteiger charge is -2.17. The van der Waals surface area contributed by atoms with E-state index < -0.39 is 0 Å². The lowest BCUT2D eigenvalue weighted by atomic mass is 9.92. The van der Waals surface area contributed by atoms with Crippen LogP contribution in [0.2, 0.25) is 0 Å². The second-order valence-corrected chi connectivity index (χ2v) is 12.3. The van der Waals surface area contributed by atoms with Gasteiger partial charge < -0.3 is 8.98 Å². The summed E-state index contributed by atoms with van der Waals surface area (Å²) in [6.45, 7) is 0. The zero-order valence-electron chi connectivity index (χ0n) is 25.2. The summed E-state index contributed by atoms with van der Waals surface area (Å²) in [6, 6.07) is 50.6. The lowest BCUT2D eigenvalue weighted by molar-refractivity contribution is 0.670. The van der Waals surface area contributed by atoms with Crippen molar-refractivity contribution in [2.75, 3.05) is 0 Å². The Labute approximate surface area is 265 Å². The fraction of sp³-hybridized carbons (Fsp3) is 0.0455. The van der Waals surface area contributed by atoms with Gasteiger partial charge in [0.25, 0.3) is 0 Å². The smallest absolute Gasteiger partial charge is 0.143 e. The molecule has 0 saturated heterocycles. The Bertz CT molecular complexity index is 2810. The summed E-state index contributed by atoms with van der Waals surface area (Å²) in [4.78, 5) is 0. The predicted octanol–water partition coefficient (Wildman–Crippen LogP) is 10.5. The summed E-state index contributed by atoms with van der Waals surface area (Å²) >= 11 is 0. The highest BCUT2D eigenvalue weighted by molar-refractivity contribution is 6.14. The van der Waals surface area contributed by atoms with Crippen LogP contribution in [0.4, 0.5) is 0 Å². The van der Waals surface area contributed by atoms with E-state index in [9.17, 15) is 0 Å². The van der Waals surface area contributed by atoms with Gasteiger partial charge >= 0.3 is 0 Å². The number of para-hydroxylation sites is 4. The Hall–Kier alpha value is -5.86. The summed E-state index contributed by atoms with van der Waals surface area (Å²) < 4.78 is 8.90. The van der Waals surface area contributed by atoms with Crippen LogP contribution in [0, 0.1) is 0 Å². The van der Waals surface area contributed by atoms with E-state index in [1.54, 1.807) is 0 Å². The highest BCUT2D eigenvalue weighted by Gasteiger charge is 2.19. The van der Waals surface area contributed by atoms with Gasteiger partial charge in [0.05, 0.1) is 16.7 Å². The first-order chi connectivity index (χ1) is 22.8. The second-order valence-electron chi connectivity index (χ2n) is 12.3. The van der Waals surface area contributed by atoms with Gasteiger partial charge in [-0.3, -0.25) is 0 Å². The minimum atomic E-state index is 0.921. The number of hydrogen-bond donors (Lipinski definition) is 0. The van der Waals surface area contributed by atoms with Crippen molar-refractivity contribution in [1.29, 1.82) is 0 Å². The molecule has 0 amide bonds. The number of fused-ring (bicyclic) bond motifs is 9. The van der Waals surface area contributed by atoms with E-state index in [0.717, 1.165) is 45.9 Å². The van der Waals surface area contributed by atoms with Crippen molar-refractivity contribution in [2.45, 2.75) is 12.8 Å². The van der Waals surface area contributed by atoms with E-state index in [0.29, 0.717) is 0 Å². The molecule has 1 aliphatic rings. The molecular formula is C44H29NO. The van der Waals surface area contributed by atoms with Crippen molar-refractivity contribution in [1.82, 2.24) is 4.57 Å². The van der Waals surface area contributed by atoms with Crippen molar-refractivity contribution in [3.8, 4) is 27.9 Å². The zero-order chi connectivity index (χ0) is 30.2. The summed E-state index contributed by atoms with van der Waals surface area (Å²) in [5.74, 6) is 0. The van der Waals surface area contributed by atoms with Crippen LogP contribution in [0.25, 0.3) is 94.6 Å². The molecule has 0 fully saturated rings. The van der Waals surface area contributed by atoms with Gasteiger partial charge in [0.1, 0.15) is 11.2 Å². The van der Waals surface area contributed by atoms with Gasteiger partial charge in [-0.15, -0.1) is 0 Å². The third kappa shape index (κ3) is 3.64. The van der Waals surface area contributed by atoms with Crippen LogP contribution < -0.4 is 10.4 Å². The summed E-state index contributed by atoms with van der Waals surface area (Å²) in [5.41, 5.74) is 10.2. The maximum Gasteiger partial charge on any atom is 0.143 e. The number of nitrogens with zero attached hydrogens (tertiary/aromatic N) is 1. The maximum atomic E-state index is 6.44. The molecule has 7 aromatic carbocycles. The fourth-order valence-electron chi connectivity index (χ4n) is 7.78. The quantitative estimate of drug-likeness (QED) is 0.201. The van der Waals surface area contributed by atoms with E-state index in [2.05, 4.69) is 150 Å². The molecule has 10 rings (SSSR count).